The van der Waals surface area contributed by atoms with Crippen LogP contribution in [0, 0.1) is 10.1 Å². The minimum absolute atomic E-state index is 0.00953. The Morgan fingerprint density at radius 2 is 2.10 bits per heavy atom. The van der Waals surface area contributed by atoms with Crippen LogP contribution < -0.4 is 9.46 Å². The zero-order chi connectivity index (χ0) is 15.9. The first kappa shape index (κ1) is 17.3. The Kier molecular flexibility index (Phi) is 6.53. The van der Waals surface area contributed by atoms with E-state index < -0.39 is 20.6 Å². The van der Waals surface area contributed by atoms with E-state index in [2.05, 4.69) is 4.72 Å². The van der Waals surface area contributed by atoms with Gasteiger partial charge in [0.2, 0.25) is 10.0 Å². The molecule has 0 unspecified atom stereocenters. The molecule has 0 aliphatic carbocycles. The van der Waals surface area contributed by atoms with Gasteiger partial charge in [-0.3, -0.25) is 10.1 Å². The molecule has 1 N–H and O–H groups in total. The third-order valence-corrected chi connectivity index (χ3v) is 4.08. The van der Waals surface area contributed by atoms with E-state index in [1.165, 1.54) is 19.2 Å². The second kappa shape index (κ2) is 7.91. The molecule has 0 spiro atoms. The molecule has 118 valence electrons. The minimum Gasteiger partial charge on any atom is -0.490 e. The van der Waals surface area contributed by atoms with Crippen molar-refractivity contribution in [2.45, 2.75) is 18.2 Å². The van der Waals surface area contributed by atoms with Crippen molar-refractivity contribution in [2.75, 3.05) is 26.9 Å². The fourth-order valence-corrected chi connectivity index (χ4v) is 2.68. The van der Waals surface area contributed by atoms with E-state index in [1.54, 1.807) is 0 Å². The van der Waals surface area contributed by atoms with E-state index >= 15 is 0 Å². The van der Waals surface area contributed by atoms with Crippen LogP contribution >= 0.6 is 0 Å². The smallest absolute Gasteiger partial charge is 0.312 e. The van der Waals surface area contributed by atoms with Gasteiger partial charge in [-0.1, -0.05) is 0 Å². The Balaban J connectivity index is 2.83. The van der Waals surface area contributed by atoms with E-state index in [1.807, 2.05) is 6.92 Å². The minimum atomic E-state index is -3.79. The van der Waals surface area contributed by atoms with Crippen molar-refractivity contribution in [3.05, 3.63) is 28.3 Å². The molecule has 0 aliphatic rings. The molecule has 0 radical (unpaired) electrons. The number of nitro benzene ring substituents is 1. The van der Waals surface area contributed by atoms with Gasteiger partial charge < -0.3 is 9.47 Å². The number of nitrogens with one attached hydrogen (secondary N) is 1. The summed E-state index contributed by atoms with van der Waals surface area (Å²) < 4.78 is 36.3. The number of hydrogen-bond acceptors (Lipinski definition) is 6. The normalized spacial score (nSPS) is 11.3. The van der Waals surface area contributed by atoms with Gasteiger partial charge in [-0.15, -0.1) is 0 Å². The maximum absolute atomic E-state index is 12.0. The quantitative estimate of drug-likeness (QED) is 0.418. The highest BCUT2D eigenvalue weighted by atomic mass is 32.2. The summed E-state index contributed by atoms with van der Waals surface area (Å²) in [4.78, 5) is 10.0. The van der Waals surface area contributed by atoms with Gasteiger partial charge in [0, 0.05) is 25.8 Å². The Bertz CT molecular complexity index is 587. The number of ether oxygens (including phenoxy) is 2. The Hall–Kier alpha value is -1.71. The Morgan fingerprint density at radius 3 is 2.67 bits per heavy atom. The molecule has 1 rings (SSSR count). The standard InChI is InChI=1S/C12H18N2O6S/c1-3-20-8-4-7-13-21(17,18)10-5-6-12(19-2)11(9-10)14(15)16/h5-6,9,13H,3-4,7-8H2,1-2H3. The van der Waals surface area contributed by atoms with Gasteiger partial charge in [0.1, 0.15) is 0 Å². The number of methoxy groups -OCH3 is 1. The van der Waals surface area contributed by atoms with Crippen molar-refractivity contribution < 1.29 is 22.8 Å². The van der Waals surface area contributed by atoms with Crippen LogP contribution in [0.5, 0.6) is 5.75 Å². The van der Waals surface area contributed by atoms with Crippen molar-refractivity contribution in [1.29, 1.82) is 0 Å². The maximum atomic E-state index is 12.0. The summed E-state index contributed by atoms with van der Waals surface area (Å²) in [7, 11) is -2.51. The molecule has 8 nitrogen and oxygen atoms in total. The predicted molar refractivity (Wildman–Crippen MR) is 75.9 cm³/mol. The topological polar surface area (TPSA) is 108 Å². The van der Waals surface area contributed by atoms with Gasteiger partial charge in [0.15, 0.2) is 5.75 Å². The second-order valence-corrected chi connectivity index (χ2v) is 5.81. The van der Waals surface area contributed by atoms with Crippen molar-refractivity contribution in [3.63, 3.8) is 0 Å². The van der Waals surface area contributed by atoms with Crippen molar-refractivity contribution in [2.24, 2.45) is 0 Å². The summed E-state index contributed by atoms with van der Waals surface area (Å²) in [5.74, 6) is 0.00953. The number of nitrogens with zero attached hydrogens (tertiary/aromatic N) is 1. The van der Waals surface area contributed by atoms with Crippen LogP contribution in [0.3, 0.4) is 0 Å². The van der Waals surface area contributed by atoms with Gasteiger partial charge in [-0.25, -0.2) is 13.1 Å². The molecule has 0 bridgehead atoms. The lowest BCUT2D eigenvalue weighted by molar-refractivity contribution is -0.386. The van der Waals surface area contributed by atoms with E-state index in [-0.39, 0.29) is 17.2 Å². The molecule has 0 saturated heterocycles. The largest absolute Gasteiger partial charge is 0.490 e. The zero-order valence-corrected chi connectivity index (χ0v) is 12.7. The second-order valence-electron chi connectivity index (χ2n) is 4.04. The maximum Gasteiger partial charge on any atom is 0.312 e. The molecule has 0 aliphatic heterocycles. The molecule has 1 aromatic carbocycles. The van der Waals surface area contributed by atoms with Crippen LogP contribution in [-0.4, -0.2) is 40.2 Å². The number of benzene rings is 1. The molecule has 0 saturated carbocycles. The van der Waals surface area contributed by atoms with Crippen molar-refractivity contribution in [1.82, 2.24) is 4.72 Å². The molecule has 0 atom stereocenters. The lowest BCUT2D eigenvalue weighted by atomic mass is 10.3. The summed E-state index contributed by atoms with van der Waals surface area (Å²) in [6, 6.07) is 3.49. The SMILES string of the molecule is CCOCCCNS(=O)(=O)c1ccc(OC)c([N+](=O)[O-])c1. The monoisotopic (exact) mass is 318 g/mol. The highest BCUT2D eigenvalue weighted by molar-refractivity contribution is 7.89. The lowest BCUT2D eigenvalue weighted by Gasteiger charge is -2.08. The van der Waals surface area contributed by atoms with E-state index in [0.717, 1.165) is 6.07 Å². The third kappa shape index (κ3) is 4.96. The molecule has 21 heavy (non-hydrogen) atoms. The molecular weight excluding hydrogens is 300 g/mol. The van der Waals surface area contributed by atoms with Crippen LogP contribution in [0.2, 0.25) is 0 Å². The fourth-order valence-electron chi connectivity index (χ4n) is 1.59. The van der Waals surface area contributed by atoms with E-state index in [4.69, 9.17) is 9.47 Å². The number of rotatable bonds is 9. The first-order valence-corrected chi connectivity index (χ1v) is 7.80. The highest BCUT2D eigenvalue weighted by Crippen LogP contribution is 2.29. The Labute approximate surface area is 123 Å². The molecule has 9 heteroatoms. The summed E-state index contributed by atoms with van der Waals surface area (Å²) in [5, 5.41) is 10.9. The molecule has 0 heterocycles. The fraction of sp³-hybridized carbons (Fsp3) is 0.500. The summed E-state index contributed by atoms with van der Waals surface area (Å²) >= 11 is 0. The molecule has 0 aromatic heterocycles. The van der Waals surface area contributed by atoms with Crippen LogP contribution in [0.25, 0.3) is 0 Å². The molecule has 1 aromatic rings. The Morgan fingerprint density at radius 1 is 1.38 bits per heavy atom. The van der Waals surface area contributed by atoms with Gasteiger partial charge in [0.05, 0.1) is 16.9 Å². The average Bonchev–Trinajstić information content (AvgIpc) is 2.46. The highest BCUT2D eigenvalue weighted by Gasteiger charge is 2.21. The van der Waals surface area contributed by atoms with E-state index in [9.17, 15) is 18.5 Å². The van der Waals surface area contributed by atoms with E-state index in [0.29, 0.717) is 19.6 Å². The molecule has 0 amide bonds. The lowest BCUT2D eigenvalue weighted by Crippen LogP contribution is -2.25. The summed E-state index contributed by atoms with van der Waals surface area (Å²) in [6.07, 6.45) is 0.519. The van der Waals surface area contributed by atoms with Gasteiger partial charge in [-0.2, -0.15) is 0 Å². The molecule has 0 fully saturated rings. The number of sulfonamides is 1. The predicted octanol–water partition coefficient (Wildman–Crippen LogP) is 1.31. The van der Waals surface area contributed by atoms with Crippen molar-refractivity contribution in [3.8, 4) is 5.75 Å². The average molecular weight is 318 g/mol. The van der Waals surface area contributed by atoms with Gasteiger partial charge in [0.25, 0.3) is 0 Å². The summed E-state index contributed by atoms with van der Waals surface area (Å²) in [5.41, 5.74) is -0.394. The van der Waals surface area contributed by atoms with Crippen molar-refractivity contribution >= 4 is 15.7 Å². The van der Waals surface area contributed by atoms with Crippen LogP contribution in [-0.2, 0) is 14.8 Å². The third-order valence-electron chi connectivity index (χ3n) is 2.62. The molecular formula is C12H18N2O6S. The first-order valence-electron chi connectivity index (χ1n) is 6.32. The summed E-state index contributed by atoms with van der Waals surface area (Å²) in [6.45, 7) is 3.06. The van der Waals surface area contributed by atoms with Gasteiger partial charge >= 0.3 is 5.69 Å². The zero-order valence-electron chi connectivity index (χ0n) is 11.9. The van der Waals surface area contributed by atoms with Crippen LogP contribution in [0.1, 0.15) is 13.3 Å². The van der Waals surface area contributed by atoms with Gasteiger partial charge in [-0.05, 0) is 25.5 Å². The van der Waals surface area contributed by atoms with Crippen LogP contribution in [0.4, 0.5) is 5.69 Å². The number of nitro groups is 1. The first-order chi connectivity index (χ1) is 9.92. The van der Waals surface area contributed by atoms with Crippen LogP contribution in [0.15, 0.2) is 23.1 Å². The number of hydrogen-bond donors (Lipinski definition) is 1.